The minimum Gasteiger partial charge on any atom is -0.496 e. The molecule has 2 atom stereocenters. The summed E-state index contributed by atoms with van der Waals surface area (Å²) in [5.41, 5.74) is 1.58. The van der Waals surface area contributed by atoms with E-state index in [2.05, 4.69) is 16.8 Å². The normalized spacial score (nSPS) is 24.4. The molecule has 0 radical (unpaired) electrons. The fraction of sp³-hybridized carbons (Fsp3) is 0.632. The molecule has 1 aromatic rings. The van der Waals surface area contributed by atoms with Gasteiger partial charge >= 0.3 is 0 Å². The van der Waals surface area contributed by atoms with Crippen molar-refractivity contribution in [2.45, 2.75) is 44.7 Å². The number of hydrogen-bond acceptors (Lipinski definition) is 4. The standard InChI is InChI=1S/C19H28N2O3/c1-13-17(23-3)11-14(12-18(13)24-4)19(22)21-10-6-8-16(21)15-7-5-9-20(15)2/h11-12,15-16H,5-10H2,1-4H3/t15-,16-/m0/s1. The van der Waals surface area contributed by atoms with Gasteiger partial charge in [0.2, 0.25) is 0 Å². The number of benzene rings is 1. The van der Waals surface area contributed by atoms with Crippen LogP contribution >= 0.6 is 0 Å². The molecule has 0 aliphatic carbocycles. The molecule has 0 spiro atoms. The Bertz CT molecular complexity index is 592. The molecule has 0 bridgehead atoms. The lowest BCUT2D eigenvalue weighted by Crippen LogP contribution is -2.47. The maximum atomic E-state index is 13.2. The van der Waals surface area contributed by atoms with Crippen LogP contribution in [-0.4, -0.2) is 62.1 Å². The quantitative estimate of drug-likeness (QED) is 0.850. The number of carbonyl (C=O) groups is 1. The molecule has 0 N–H and O–H groups in total. The van der Waals surface area contributed by atoms with Crippen molar-refractivity contribution in [3.63, 3.8) is 0 Å². The number of hydrogen-bond donors (Lipinski definition) is 0. The van der Waals surface area contributed by atoms with Crippen LogP contribution in [0.25, 0.3) is 0 Å². The van der Waals surface area contributed by atoms with Crippen LogP contribution in [0.5, 0.6) is 11.5 Å². The summed E-state index contributed by atoms with van der Waals surface area (Å²) in [5, 5.41) is 0. The maximum absolute atomic E-state index is 13.2. The van der Waals surface area contributed by atoms with Gasteiger partial charge in [-0.2, -0.15) is 0 Å². The molecule has 5 heteroatoms. The van der Waals surface area contributed by atoms with Crippen LogP contribution in [0.1, 0.15) is 41.6 Å². The molecule has 1 aromatic carbocycles. The molecule has 1 amide bonds. The van der Waals surface area contributed by atoms with Crippen LogP contribution in [0.4, 0.5) is 0 Å². The van der Waals surface area contributed by atoms with E-state index in [1.807, 2.05) is 19.1 Å². The van der Waals surface area contributed by atoms with E-state index < -0.39 is 0 Å². The van der Waals surface area contributed by atoms with Crippen LogP contribution in [0.3, 0.4) is 0 Å². The fourth-order valence-electron chi connectivity index (χ4n) is 4.24. The molecule has 0 saturated carbocycles. The molecule has 2 heterocycles. The van der Waals surface area contributed by atoms with Crippen molar-refractivity contribution in [3.8, 4) is 11.5 Å². The van der Waals surface area contributed by atoms with Crippen LogP contribution in [0.15, 0.2) is 12.1 Å². The molecular weight excluding hydrogens is 304 g/mol. The number of ether oxygens (including phenoxy) is 2. The zero-order chi connectivity index (χ0) is 17.3. The SMILES string of the molecule is COc1cc(C(=O)N2CCC[C@H]2[C@@H]2CCCN2C)cc(OC)c1C. The summed E-state index contributed by atoms with van der Waals surface area (Å²) < 4.78 is 10.9. The number of carbonyl (C=O) groups excluding carboxylic acids is 1. The van der Waals surface area contributed by atoms with E-state index in [9.17, 15) is 4.79 Å². The van der Waals surface area contributed by atoms with Gasteiger partial charge in [-0.3, -0.25) is 4.79 Å². The highest BCUT2D eigenvalue weighted by Crippen LogP contribution is 2.33. The lowest BCUT2D eigenvalue weighted by Gasteiger charge is -2.33. The summed E-state index contributed by atoms with van der Waals surface area (Å²) >= 11 is 0. The zero-order valence-electron chi connectivity index (χ0n) is 15.2. The van der Waals surface area contributed by atoms with Gasteiger partial charge in [0.1, 0.15) is 11.5 Å². The average Bonchev–Trinajstić information content (AvgIpc) is 3.22. The Morgan fingerprint density at radius 1 is 1.04 bits per heavy atom. The van der Waals surface area contributed by atoms with E-state index in [0.717, 1.165) is 31.5 Å². The van der Waals surface area contributed by atoms with E-state index in [-0.39, 0.29) is 5.91 Å². The van der Waals surface area contributed by atoms with Crippen LogP contribution in [0, 0.1) is 6.92 Å². The Balaban J connectivity index is 1.88. The molecule has 2 aliphatic rings. The molecule has 3 rings (SSSR count). The van der Waals surface area contributed by atoms with Crippen LogP contribution in [-0.2, 0) is 0 Å². The minimum absolute atomic E-state index is 0.0920. The summed E-state index contributed by atoms with van der Waals surface area (Å²) in [5.74, 6) is 1.49. The fourth-order valence-corrected chi connectivity index (χ4v) is 4.24. The van der Waals surface area contributed by atoms with E-state index in [1.54, 1.807) is 14.2 Å². The summed E-state index contributed by atoms with van der Waals surface area (Å²) in [4.78, 5) is 17.6. The maximum Gasteiger partial charge on any atom is 0.254 e. The number of likely N-dealkylation sites (N-methyl/N-ethyl adjacent to an activating group) is 1. The van der Waals surface area contributed by atoms with Crippen molar-refractivity contribution in [3.05, 3.63) is 23.3 Å². The van der Waals surface area contributed by atoms with Crippen molar-refractivity contribution in [2.75, 3.05) is 34.4 Å². The predicted molar refractivity (Wildman–Crippen MR) is 94.0 cm³/mol. The Morgan fingerprint density at radius 2 is 1.62 bits per heavy atom. The van der Waals surface area contributed by atoms with Crippen molar-refractivity contribution in [1.82, 2.24) is 9.80 Å². The molecule has 0 unspecified atom stereocenters. The summed E-state index contributed by atoms with van der Waals surface area (Å²) in [6, 6.07) is 4.50. The van der Waals surface area contributed by atoms with Gasteiger partial charge in [0.15, 0.2) is 0 Å². The first kappa shape index (κ1) is 17.1. The third kappa shape index (κ3) is 2.97. The second kappa shape index (κ2) is 7.01. The largest absolute Gasteiger partial charge is 0.496 e. The number of amides is 1. The van der Waals surface area contributed by atoms with Crippen molar-refractivity contribution < 1.29 is 14.3 Å². The third-order valence-corrected chi connectivity index (χ3v) is 5.58. The second-order valence-corrected chi connectivity index (χ2v) is 6.90. The molecule has 5 nitrogen and oxygen atoms in total. The highest BCUT2D eigenvalue weighted by Gasteiger charge is 2.38. The van der Waals surface area contributed by atoms with Gasteiger partial charge < -0.3 is 19.3 Å². The lowest BCUT2D eigenvalue weighted by atomic mass is 10.0. The smallest absolute Gasteiger partial charge is 0.254 e. The van der Waals surface area contributed by atoms with Gasteiger partial charge in [-0.15, -0.1) is 0 Å². The molecule has 132 valence electrons. The Kier molecular flexibility index (Phi) is 4.99. The van der Waals surface area contributed by atoms with Crippen LogP contribution in [0.2, 0.25) is 0 Å². The van der Waals surface area contributed by atoms with Crippen molar-refractivity contribution in [1.29, 1.82) is 0 Å². The molecular formula is C19H28N2O3. The number of rotatable bonds is 4. The molecule has 2 saturated heterocycles. The lowest BCUT2D eigenvalue weighted by molar-refractivity contribution is 0.0663. The monoisotopic (exact) mass is 332 g/mol. The van der Waals surface area contributed by atoms with Gasteiger partial charge in [-0.05, 0) is 58.3 Å². The molecule has 24 heavy (non-hydrogen) atoms. The Hall–Kier alpha value is -1.75. The van der Waals surface area contributed by atoms with Gasteiger partial charge in [-0.1, -0.05) is 0 Å². The predicted octanol–water partition coefficient (Wildman–Crippen LogP) is 2.71. The number of nitrogens with zero attached hydrogens (tertiary/aromatic N) is 2. The first-order valence-corrected chi connectivity index (χ1v) is 8.80. The molecule has 0 aromatic heterocycles. The summed E-state index contributed by atoms with van der Waals surface area (Å²) in [6.07, 6.45) is 4.60. The van der Waals surface area contributed by atoms with Gasteiger partial charge in [0.05, 0.1) is 14.2 Å². The summed E-state index contributed by atoms with van der Waals surface area (Å²) in [7, 11) is 5.43. The van der Waals surface area contributed by atoms with Gasteiger partial charge in [0.25, 0.3) is 5.91 Å². The first-order valence-electron chi connectivity index (χ1n) is 8.80. The Labute approximate surface area is 144 Å². The molecule has 2 fully saturated rings. The van der Waals surface area contributed by atoms with Gasteiger partial charge in [-0.25, -0.2) is 0 Å². The zero-order valence-corrected chi connectivity index (χ0v) is 15.2. The number of likely N-dealkylation sites (tertiary alicyclic amines) is 2. The first-order chi connectivity index (χ1) is 11.6. The average molecular weight is 332 g/mol. The van der Waals surface area contributed by atoms with Crippen molar-refractivity contribution in [2.24, 2.45) is 0 Å². The van der Waals surface area contributed by atoms with Crippen molar-refractivity contribution >= 4 is 5.91 Å². The highest BCUT2D eigenvalue weighted by atomic mass is 16.5. The third-order valence-electron chi connectivity index (χ3n) is 5.58. The van der Waals surface area contributed by atoms with E-state index >= 15 is 0 Å². The number of methoxy groups -OCH3 is 2. The molecule has 2 aliphatic heterocycles. The second-order valence-electron chi connectivity index (χ2n) is 6.90. The summed E-state index contributed by atoms with van der Waals surface area (Å²) in [6.45, 7) is 3.92. The van der Waals surface area contributed by atoms with E-state index in [0.29, 0.717) is 29.1 Å². The van der Waals surface area contributed by atoms with Gasteiger partial charge in [0, 0.05) is 29.8 Å². The van der Waals surface area contributed by atoms with E-state index in [1.165, 1.54) is 12.8 Å². The topological polar surface area (TPSA) is 42.0 Å². The van der Waals surface area contributed by atoms with Crippen LogP contribution < -0.4 is 9.47 Å². The van der Waals surface area contributed by atoms with E-state index in [4.69, 9.17) is 9.47 Å². The highest BCUT2D eigenvalue weighted by molar-refractivity contribution is 5.95. The Morgan fingerprint density at radius 3 is 2.17 bits per heavy atom. The minimum atomic E-state index is 0.0920.